The van der Waals surface area contributed by atoms with Crippen LogP contribution in [0.4, 0.5) is 0 Å². The van der Waals surface area contributed by atoms with E-state index in [9.17, 15) is 4.79 Å². The van der Waals surface area contributed by atoms with Crippen LogP contribution in [0, 0.1) is 0 Å². The van der Waals surface area contributed by atoms with Gasteiger partial charge in [-0.3, -0.25) is 4.79 Å². The van der Waals surface area contributed by atoms with Gasteiger partial charge in [0.1, 0.15) is 11.5 Å². The summed E-state index contributed by atoms with van der Waals surface area (Å²) in [5.74, 6) is 1.07. The molecule has 5 heteroatoms. The highest BCUT2D eigenvalue weighted by molar-refractivity contribution is 6.35. The normalized spacial score (nSPS) is 10.3. The van der Waals surface area contributed by atoms with Crippen molar-refractivity contribution < 1.29 is 14.3 Å². The van der Waals surface area contributed by atoms with Gasteiger partial charge in [-0.25, -0.2) is 0 Å². The lowest BCUT2D eigenvalue weighted by Crippen LogP contribution is -2.05. The number of methoxy groups -OCH3 is 2. The maximum absolute atomic E-state index is 12.4. The molecule has 0 aliphatic heterocycles. The van der Waals surface area contributed by atoms with Gasteiger partial charge in [-0.15, -0.1) is 0 Å². The smallest absolute Gasteiger partial charge is 0.167 e. The molecule has 110 valence electrons. The molecule has 0 amide bonds. The van der Waals surface area contributed by atoms with Gasteiger partial charge in [0, 0.05) is 28.1 Å². The Morgan fingerprint density at radius 2 is 1.62 bits per heavy atom. The van der Waals surface area contributed by atoms with Crippen LogP contribution in [-0.4, -0.2) is 20.0 Å². The summed E-state index contributed by atoms with van der Waals surface area (Å²) < 4.78 is 10.3. The molecule has 0 radical (unpaired) electrons. The Morgan fingerprint density at radius 1 is 1.00 bits per heavy atom. The zero-order chi connectivity index (χ0) is 15.4. The van der Waals surface area contributed by atoms with E-state index in [1.807, 2.05) is 0 Å². The van der Waals surface area contributed by atoms with Gasteiger partial charge in [0.15, 0.2) is 5.78 Å². The molecule has 0 aromatic heterocycles. The molecule has 0 aliphatic carbocycles. The first-order chi connectivity index (χ1) is 10.0. The number of ether oxygens (including phenoxy) is 2. The number of hydrogen-bond acceptors (Lipinski definition) is 3. The third kappa shape index (κ3) is 3.90. The number of carbonyl (C=O) groups is 1. The molecule has 0 spiro atoms. The predicted octanol–water partition coefficient (Wildman–Crippen LogP) is 4.44. The maximum Gasteiger partial charge on any atom is 0.167 e. The van der Waals surface area contributed by atoms with Gasteiger partial charge in [-0.05, 0) is 29.8 Å². The lowest BCUT2D eigenvalue weighted by Gasteiger charge is -2.09. The zero-order valence-corrected chi connectivity index (χ0v) is 13.2. The second-order valence-corrected chi connectivity index (χ2v) is 5.28. The average molecular weight is 325 g/mol. The molecular formula is C16H14Cl2O3. The van der Waals surface area contributed by atoms with E-state index in [1.54, 1.807) is 50.6 Å². The Labute approximate surface area is 133 Å². The van der Waals surface area contributed by atoms with Crippen LogP contribution in [0.15, 0.2) is 36.4 Å². The Morgan fingerprint density at radius 3 is 2.14 bits per heavy atom. The van der Waals surface area contributed by atoms with Crippen LogP contribution in [0.3, 0.4) is 0 Å². The van der Waals surface area contributed by atoms with E-state index in [-0.39, 0.29) is 12.2 Å². The average Bonchev–Trinajstić information content (AvgIpc) is 2.49. The van der Waals surface area contributed by atoms with Gasteiger partial charge in [0.05, 0.1) is 14.2 Å². The Balaban J connectivity index is 2.27. The summed E-state index contributed by atoms with van der Waals surface area (Å²) in [5, 5.41) is 1.02. The quantitative estimate of drug-likeness (QED) is 0.763. The Hall–Kier alpha value is -1.71. The van der Waals surface area contributed by atoms with Crippen LogP contribution >= 0.6 is 23.2 Å². The standard InChI is InChI=1S/C16H14Cl2O3/c1-20-13-5-11(6-14(9-13)21-2)16(19)7-10-3-4-12(17)8-15(10)18/h3-6,8-9H,7H2,1-2H3. The summed E-state index contributed by atoms with van der Waals surface area (Å²) in [7, 11) is 3.08. The van der Waals surface area contributed by atoms with E-state index in [0.29, 0.717) is 27.1 Å². The van der Waals surface area contributed by atoms with Crippen LogP contribution in [0.25, 0.3) is 0 Å². The largest absolute Gasteiger partial charge is 0.497 e. The van der Waals surface area contributed by atoms with Crippen molar-refractivity contribution in [3.8, 4) is 11.5 Å². The molecule has 0 unspecified atom stereocenters. The molecule has 21 heavy (non-hydrogen) atoms. The summed E-state index contributed by atoms with van der Waals surface area (Å²) in [6, 6.07) is 10.1. The molecule has 3 nitrogen and oxygen atoms in total. The molecule has 0 aliphatic rings. The highest BCUT2D eigenvalue weighted by Crippen LogP contribution is 2.26. The zero-order valence-electron chi connectivity index (χ0n) is 11.7. The molecule has 0 heterocycles. The number of carbonyl (C=O) groups excluding carboxylic acids is 1. The van der Waals surface area contributed by atoms with Crippen LogP contribution in [0.5, 0.6) is 11.5 Å². The van der Waals surface area contributed by atoms with E-state index in [0.717, 1.165) is 5.56 Å². The summed E-state index contributed by atoms with van der Waals surface area (Å²) in [5.41, 5.74) is 1.24. The van der Waals surface area contributed by atoms with Crippen molar-refractivity contribution >= 4 is 29.0 Å². The summed E-state index contributed by atoms with van der Waals surface area (Å²) >= 11 is 11.9. The van der Waals surface area contributed by atoms with Crippen molar-refractivity contribution in [1.82, 2.24) is 0 Å². The maximum atomic E-state index is 12.4. The van der Waals surface area contributed by atoms with Gasteiger partial charge in [0.2, 0.25) is 0 Å². The monoisotopic (exact) mass is 324 g/mol. The number of Topliss-reactive ketones (excluding diaryl/α,β-unsaturated/α-hetero) is 1. The van der Waals surface area contributed by atoms with Gasteiger partial charge in [0.25, 0.3) is 0 Å². The molecule has 2 aromatic rings. The summed E-state index contributed by atoms with van der Waals surface area (Å²) in [6.45, 7) is 0. The number of halogens is 2. The number of rotatable bonds is 5. The highest BCUT2D eigenvalue weighted by atomic mass is 35.5. The SMILES string of the molecule is COc1cc(OC)cc(C(=O)Cc2ccc(Cl)cc2Cl)c1. The lowest BCUT2D eigenvalue weighted by atomic mass is 10.0. The van der Waals surface area contributed by atoms with Crippen molar-refractivity contribution in [2.24, 2.45) is 0 Å². The molecule has 0 bridgehead atoms. The van der Waals surface area contributed by atoms with Gasteiger partial charge < -0.3 is 9.47 Å². The van der Waals surface area contributed by atoms with Crippen molar-refractivity contribution in [2.75, 3.05) is 14.2 Å². The van der Waals surface area contributed by atoms with Crippen LogP contribution < -0.4 is 9.47 Å². The van der Waals surface area contributed by atoms with Crippen molar-refractivity contribution in [2.45, 2.75) is 6.42 Å². The Kier molecular flexibility index (Phi) is 5.10. The topological polar surface area (TPSA) is 35.5 Å². The van der Waals surface area contributed by atoms with Crippen LogP contribution in [0.2, 0.25) is 10.0 Å². The minimum Gasteiger partial charge on any atom is -0.497 e. The third-order valence-corrected chi connectivity index (χ3v) is 3.63. The number of benzene rings is 2. The van der Waals surface area contributed by atoms with E-state index in [4.69, 9.17) is 32.7 Å². The first-order valence-corrected chi connectivity index (χ1v) is 6.99. The fraction of sp³-hybridized carbons (Fsp3) is 0.188. The minimum absolute atomic E-state index is 0.0728. The molecule has 0 atom stereocenters. The van der Waals surface area contributed by atoms with Crippen molar-refractivity contribution in [1.29, 1.82) is 0 Å². The molecule has 0 saturated heterocycles. The molecule has 0 fully saturated rings. The van der Waals surface area contributed by atoms with Crippen molar-refractivity contribution in [3.05, 3.63) is 57.6 Å². The van der Waals surface area contributed by atoms with Gasteiger partial charge in [-0.2, -0.15) is 0 Å². The molecule has 0 N–H and O–H groups in total. The first kappa shape index (κ1) is 15.7. The van der Waals surface area contributed by atoms with E-state index >= 15 is 0 Å². The summed E-state index contributed by atoms with van der Waals surface area (Å²) in [6.07, 6.45) is 0.187. The van der Waals surface area contributed by atoms with Gasteiger partial charge >= 0.3 is 0 Å². The first-order valence-electron chi connectivity index (χ1n) is 6.23. The van der Waals surface area contributed by atoms with Crippen molar-refractivity contribution in [3.63, 3.8) is 0 Å². The molecule has 0 saturated carbocycles. The fourth-order valence-corrected chi connectivity index (χ4v) is 2.38. The number of ketones is 1. The second kappa shape index (κ2) is 6.83. The minimum atomic E-state index is -0.0728. The molecule has 2 rings (SSSR count). The highest BCUT2D eigenvalue weighted by Gasteiger charge is 2.13. The van der Waals surface area contributed by atoms with E-state index in [1.165, 1.54) is 0 Å². The second-order valence-electron chi connectivity index (χ2n) is 4.44. The third-order valence-electron chi connectivity index (χ3n) is 3.04. The lowest BCUT2D eigenvalue weighted by molar-refractivity contribution is 0.0992. The molecular weight excluding hydrogens is 311 g/mol. The predicted molar refractivity (Wildman–Crippen MR) is 84.0 cm³/mol. The fourth-order valence-electron chi connectivity index (χ4n) is 1.91. The number of hydrogen-bond donors (Lipinski definition) is 0. The van der Waals surface area contributed by atoms with E-state index < -0.39 is 0 Å². The molecule has 2 aromatic carbocycles. The van der Waals surface area contributed by atoms with Crippen LogP contribution in [-0.2, 0) is 6.42 Å². The van der Waals surface area contributed by atoms with E-state index in [2.05, 4.69) is 0 Å². The van der Waals surface area contributed by atoms with Crippen LogP contribution in [0.1, 0.15) is 15.9 Å². The van der Waals surface area contributed by atoms with Gasteiger partial charge in [-0.1, -0.05) is 29.3 Å². The summed E-state index contributed by atoms with van der Waals surface area (Å²) in [4.78, 5) is 12.4. The Bertz CT molecular complexity index is 646.